The average Bonchev–Trinajstić information content (AvgIpc) is 2.95. The minimum Gasteiger partial charge on any atom is -0.463 e. The molecule has 13 heteroatoms. The Balaban J connectivity index is 0.00000103. The second-order valence-corrected chi connectivity index (χ2v) is 14.1. The van der Waals surface area contributed by atoms with Crippen LogP contribution in [-0.2, 0) is 45.3 Å². The van der Waals surface area contributed by atoms with Gasteiger partial charge in [-0.15, -0.1) is 0 Å². The summed E-state index contributed by atoms with van der Waals surface area (Å²) in [6, 6.07) is 9.53. The van der Waals surface area contributed by atoms with Crippen molar-refractivity contribution in [3.05, 3.63) is 35.9 Å². The first-order valence-electron chi connectivity index (χ1n) is 15.3. The molecule has 0 saturated heterocycles. The number of rotatable bonds is 18. The van der Waals surface area contributed by atoms with E-state index >= 15 is 0 Å². The van der Waals surface area contributed by atoms with Crippen LogP contribution in [0.5, 0.6) is 0 Å². The van der Waals surface area contributed by atoms with E-state index < -0.39 is 38.3 Å². The molecule has 0 bridgehead atoms. The molecular formula is C32H54N2O10S. The Morgan fingerprint density at radius 2 is 1.40 bits per heavy atom. The Hall–Kier alpha value is -3.19. The molecule has 2 amide bonds. The van der Waals surface area contributed by atoms with Crippen LogP contribution in [0.25, 0.3) is 0 Å². The Morgan fingerprint density at radius 1 is 0.800 bits per heavy atom. The van der Waals surface area contributed by atoms with Gasteiger partial charge in [0.15, 0.2) is 0 Å². The molecular weight excluding hydrogens is 604 g/mol. The van der Waals surface area contributed by atoms with E-state index in [0.717, 1.165) is 12.0 Å². The molecule has 1 rings (SSSR count). The molecule has 0 aromatic heterocycles. The van der Waals surface area contributed by atoms with Crippen LogP contribution in [0.2, 0.25) is 0 Å². The third-order valence-electron chi connectivity index (χ3n) is 7.04. The molecule has 0 spiro atoms. The van der Waals surface area contributed by atoms with Crippen LogP contribution in [0, 0.1) is 10.8 Å². The lowest BCUT2D eigenvalue weighted by Crippen LogP contribution is -2.52. The summed E-state index contributed by atoms with van der Waals surface area (Å²) in [5.74, 6) is -1.22. The number of carbonyl (C=O) groups excluding carboxylic acids is 4. The first-order valence-corrected chi connectivity index (χ1v) is 16.9. The van der Waals surface area contributed by atoms with E-state index in [2.05, 4.69) is 10.6 Å². The number of carbonyl (C=O) groups is 4. The third-order valence-corrected chi connectivity index (χ3v) is 8.12. The van der Waals surface area contributed by atoms with Crippen molar-refractivity contribution >= 4 is 34.1 Å². The Labute approximate surface area is 269 Å². The highest BCUT2D eigenvalue weighted by Gasteiger charge is 2.33. The predicted octanol–water partition coefficient (Wildman–Crippen LogP) is 5.20. The van der Waals surface area contributed by atoms with Gasteiger partial charge in [0.05, 0.1) is 29.9 Å². The molecule has 0 fully saturated rings. The van der Waals surface area contributed by atoms with Crippen LogP contribution in [0.15, 0.2) is 30.3 Å². The molecule has 0 radical (unpaired) electrons. The van der Waals surface area contributed by atoms with Gasteiger partial charge >= 0.3 is 18.0 Å². The van der Waals surface area contributed by atoms with Gasteiger partial charge in [-0.3, -0.25) is 18.9 Å². The zero-order valence-corrected chi connectivity index (χ0v) is 29.0. The van der Waals surface area contributed by atoms with Gasteiger partial charge in [-0.05, 0) is 65.4 Å². The van der Waals surface area contributed by atoms with E-state index in [1.807, 2.05) is 58.0 Å². The number of alkyl carbamates (subject to hydrolysis) is 1. The molecule has 0 aliphatic rings. The SMILES string of the molecule is CCC(C)(C)C(=O)NC(C)(C)CS(=O)(=O)O.CCC(C)(C)C(=O)OCCNC(=O)OCCCCCC(=O)OCc1ccccc1. The molecule has 258 valence electrons. The van der Waals surface area contributed by atoms with Crippen molar-refractivity contribution in [3.8, 4) is 0 Å². The number of benzene rings is 1. The van der Waals surface area contributed by atoms with E-state index in [1.54, 1.807) is 27.7 Å². The molecule has 0 heterocycles. The summed E-state index contributed by atoms with van der Waals surface area (Å²) in [7, 11) is -4.09. The Bertz CT molecular complexity index is 1170. The normalized spacial score (nSPS) is 11.8. The number of amides is 2. The summed E-state index contributed by atoms with van der Waals surface area (Å²) in [6.07, 6.45) is 3.25. The maximum absolute atomic E-state index is 11.8. The molecule has 0 saturated carbocycles. The van der Waals surface area contributed by atoms with E-state index in [4.69, 9.17) is 18.8 Å². The van der Waals surface area contributed by atoms with Gasteiger partial charge in [0, 0.05) is 11.8 Å². The third kappa shape index (κ3) is 20.5. The zero-order chi connectivity index (χ0) is 34.7. The molecule has 0 aliphatic carbocycles. The molecule has 0 aliphatic heterocycles. The lowest BCUT2D eigenvalue weighted by atomic mass is 9.88. The van der Waals surface area contributed by atoms with Gasteiger partial charge in [-0.2, -0.15) is 8.42 Å². The topological polar surface area (TPSA) is 174 Å². The molecule has 3 N–H and O–H groups in total. The first kappa shape index (κ1) is 41.8. The second kappa shape index (κ2) is 20.0. The van der Waals surface area contributed by atoms with Gasteiger partial charge in [0.1, 0.15) is 13.2 Å². The molecule has 45 heavy (non-hydrogen) atoms. The standard InChI is InChI=1S/C22H33NO6.C10H21NO4S/c1-4-22(2,3)20(25)27-16-14-23-21(26)28-15-10-6-9-13-19(24)29-17-18-11-7-5-8-12-18;1-6-9(2,3)8(12)11-10(4,5)7-16(13,14)15/h5,7-8,11-12H,4,6,9-10,13-17H2,1-3H3,(H,23,26);6-7H2,1-5H3,(H,11,12)(H,13,14,15). The van der Waals surface area contributed by atoms with Crippen molar-refractivity contribution in [1.82, 2.24) is 10.6 Å². The fourth-order valence-corrected chi connectivity index (χ4v) is 4.32. The monoisotopic (exact) mass is 658 g/mol. The van der Waals surface area contributed by atoms with E-state index in [9.17, 15) is 27.6 Å². The predicted molar refractivity (Wildman–Crippen MR) is 172 cm³/mol. The summed E-state index contributed by atoms with van der Waals surface area (Å²) in [6.45, 7) is 15.0. The fraction of sp³-hybridized carbons (Fsp3) is 0.688. The Morgan fingerprint density at radius 3 is 1.96 bits per heavy atom. The highest BCUT2D eigenvalue weighted by molar-refractivity contribution is 7.85. The first-order chi connectivity index (χ1) is 20.7. The van der Waals surface area contributed by atoms with Crippen LogP contribution < -0.4 is 10.6 Å². The van der Waals surface area contributed by atoms with Crippen LogP contribution in [-0.4, -0.2) is 68.0 Å². The largest absolute Gasteiger partial charge is 0.463 e. The lowest BCUT2D eigenvalue weighted by Gasteiger charge is -2.30. The van der Waals surface area contributed by atoms with Gasteiger partial charge in [0.2, 0.25) is 5.91 Å². The fourth-order valence-electron chi connectivity index (χ4n) is 3.34. The van der Waals surface area contributed by atoms with Crippen molar-refractivity contribution in [1.29, 1.82) is 0 Å². The smallest absolute Gasteiger partial charge is 0.407 e. The zero-order valence-electron chi connectivity index (χ0n) is 28.2. The second-order valence-electron chi connectivity index (χ2n) is 12.7. The maximum Gasteiger partial charge on any atom is 0.407 e. The minimum atomic E-state index is -4.09. The quantitative estimate of drug-likeness (QED) is 0.0823. The van der Waals surface area contributed by atoms with Gasteiger partial charge in [-0.25, -0.2) is 4.79 Å². The number of hydrogen-bond acceptors (Lipinski definition) is 9. The highest BCUT2D eigenvalue weighted by Crippen LogP contribution is 2.22. The van der Waals surface area contributed by atoms with Crippen molar-refractivity contribution in [2.24, 2.45) is 10.8 Å². The van der Waals surface area contributed by atoms with Gasteiger partial charge in [-0.1, -0.05) is 58.0 Å². The molecule has 1 aromatic rings. The van der Waals surface area contributed by atoms with Gasteiger partial charge < -0.3 is 24.8 Å². The highest BCUT2D eigenvalue weighted by atomic mass is 32.2. The average molecular weight is 659 g/mol. The van der Waals surface area contributed by atoms with Crippen LogP contribution in [0.1, 0.15) is 99.5 Å². The van der Waals surface area contributed by atoms with Crippen molar-refractivity contribution in [2.75, 3.05) is 25.5 Å². The number of esters is 2. The number of ether oxygens (including phenoxy) is 3. The minimum absolute atomic E-state index is 0.114. The summed E-state index contributed by atoms with van der Waals surface area (Å²) >= 11 is 0. The lowest BCUT2D eigenvalue weighted by molar-refractivity contribution is -0.154. The van der Waals surface area contributed by atoms with Crippen LogP contribution in [0.4, 0.5) is 4.79 Å². The van der Waals surface area contributed by atoms with Gasteiger partial charge in [0.25, 0.3) is 10.1 Å². The van der Waals surface area contributed by atoms with E-state index in [0.29, 0.717) is 32.1 Å². The maximum atomic E-state index is 11.8. The molecule has 1 aromatic carbocycles. The molecule has 12 nitrogen and oxygen atoms in total. The van der Waals surface area contributed by atoms with Crippen molar-refractivity contribution < 1.29 is 46.4 Å². The summed E-state index contributed by atoms with van der Waals surface area (Å²) in [5.41, 5.74) is -1.08. The number of nitrogens with one attached hydrogen (secondary N) is 2. The van der Waals surface area contributed by atoms with E-state index in [1.165, 1.54) is 0 Å². The molecule has 0 unspecified atom stereocenters. The summed E-state index contributed by atoms with van der Waals surface area (Å²) in [5, 5.41) is 5.16. The Kier molecular flexibility index (Phi) is 18.6. The molecule has 0 atom stereocenters. The summed E-state index contributed by atoms with van der Waals surface area (Å²) in [4.78, 5) is 46.8. The van der Waals surface area contributed by atoms with Crippen LogP contribution >= 0.6 is 0 Å². The number of unbranched alkanes of at least 4 members (excludes halogenated alkanes) is 2. The van der Waals surface area contributed by atoms with Crippen molar-refractivity contribution in [3.63, 3.8) is 0 Å². The van der Waals surface area contributed by atoms with Crippen molar-refractivity contribution in [2.45, 2.75) is 106 Å². The summed E-state index contributed by atoms with van der Waals surface area (Å²) < 4.78 is 45.6. The number of hydrogen-bond donors (Lipinski definition) is 3. The van der Waals surface area contributed by atoms with E-state index in [-0.39, 0.29) is 44.2 Å². The van der Waals surface area contributed by atoms with Crippen LogP contribution in [0.3, 0.4) is 0 Å².